The third kappa shape index (κ3) is 2.82. The largest absolute Gasteiger partial charge is 0.512 e. The molecule has 1 atom stereocenters. The van der Waals surface area contributed by atoms with Gasteiger partial charge in [0.1, 0.15) is 0 Å². The Hall–Kier alpha value is -1.54. The van der Waals surface area contributed by atoms with Crippen LogP contribution in [0.1, 0.15) is 18.4 Å². The maximum absolute atomic E-state index is 9.87. The molecule has 2 nitrogen and oxygen atoms in total. The van der Waals surface area contributed by atoms with E-state index in [2.05, 4.69) is 49.3 Å². The molecule has 2 heteroatoms. The minimum absolute atomic E-state index is 0.0651. The van der Waals surface area contributed by atoms with Gasteiger partial charge < -0.3 is 10.0 Å². The third-order valence-electron chi connectivity index (χ3n) is 3.55. The average Bonchev–Trinajstić information content (AvgIpc) is 2.37. The van der Waals surface area contributed by atoms with Gasteiger partial charge in [-0.3, -0.25) is 0 Å². The Morgan fingerprint density at radius 3 is 2.56 bits per heavy atom. The lowest BCUT2D eigenvalue weighted by atomic mass is 9.72. The van der Waals surface area contributed by atoms with E-state index in [1.165, 1.54) is 5.56 Å². The Bertz CT molecular complexity index is 447. The highest BCUT2D eigenvalue weighted by molar-refractivity contribution is 5.36. The molecule has 0 fully saturated rings. The first-order valence-electron chi connectivity index (χ1n) is 6.40. The van der Waals surface area contributed by atoms with Crippen LogP contribution in [0.4, 0.5) is 0 Å². The van der Waals surface area contributed by atoms with Gasteiger partial charge in [-0.05, 0) is 38.7 Å². The summed E-state index contributed by atoms with van der Waals surface area (Å²) in [7, 11) is 4.17. The molecule has 0 aliphatic heterocycles. The molecule has 1 aliphatic carbocycles. The van der Waals surface area contributed by atoms with Gasteiger partial charge in [-0.2, -0.15) is 0 Å². The van der Waals surface area contributed by atoms with Gasteiger partial charge in [0, 0.05) is 11.8 Å². The summed E-state index contributed by atoms with van der Waals surface area (Å²) >= 11 is 0. The Labute approximate surface area is 109 Å². The van der Waals surface area contributed by atoms with Gasteiger partial charge in [0.2, 0.25) is 0 Å². The highest BCUT2D eigenvalue weighted by Gasteiger charge is 2.31. The molecule has 0 radical (unpaired) electrons. The monoisotopic (exact) mass is 243 g/mol. The lowest BCUT2D eigenvalue weighted by Crippen LogP contribution is -2.30. The summed E-state index contributed by atoms with van der Waals surface area (Å²) in [5.74, 6) is 0.472. The van der Waals surface area contributed by atoms with Crippen LogP contribution in [0.5, 0.6) is 0 Å². The molecular weight excluding hydrogens is 222 g/mol. The summed E-state index contributed by atoms with van der Waals surface area (Å²) in [5.41, 5.74) is 1.22. The number of aliphatic hydroxyl groups is 1. The number of hydrogen-bond acceptors (Lipinski definition) is 2. The minimum atomic E-state index is -0.0651. The van der Waals surface area contributed by atoms with Crippen LogP contribution < -0.4 is 0 Å². The Kier molecular flexibility index (Phi) is 3.87. The zero-order chi connectivity index (χ0) is 13.0. The van der Waals surface area contributed by atoms with Crippen molar-refractivity contribution >= 4 is 0 Å². The summed E-state index contributed by atoms with van der Waals surface area (Å²) in [6.45, 7) is 1.01. The Balaban J connectivity index is 2.29. The summed E-state index contributed by atoms with van der Waals surface area (Å²) in [5, 5.41) is 9.87. The van der Waals surface area contributed by atoms with Gasteiger partial charge in [-0.1, -0.05) is 42.5 Å². The van der Waals surface area contributed by atoms with Crippen molar-refractivity contribution in [2.45, 2.75) is 18.3 Å². The first kappa shape index (κ1) is 12.9. The van der Waals surface area contributed by atoms with Crippen LogP contribution in [0.25, 0.3) is 0 Å². The number of allylic oxidation sites excluding steroid dienone is 4. The van der Waals surface area contributed by atoms with E-state index in [1.807, 2.05) is 12.1 Å². The normalized spacial score (nSPS) is 23.2. The number of benzene rings is 1. The van der Waals surface area contributed by atoms with Gasteiger partial charge in [-0.25, -0.2) is 0 Å². The fourth-order valence-corrected chi connectivity index (χ4v) is 2.49. The van der Waals surface area contributed by atoms with Crippen LogP contribution in [0.15, 0.2) is 54.3 Å². The molecule has 96 valence electrons. The number of hydrogen-bond donors (Lipinski definition) is 1. The molecule has 1 aromatic rings. The maximum atomic E-state index is 9.87. The second-order valence-electron chi connectivity index (χ2n) is 5.27. The van der Waals surface area contributed by atoms with E-state index in [-0.39, 0.29) is 5.41 Å². The van der Waals surface area contributed by atoms with E-state index >= 15 is 0 Å². The fraction of sp³-hybridized carbons (Fsp3) is 0.375. The van der Waals surface area contributed by atoms with Crippen LogP contribution in [0.3, 0.4) is 0 Å². The molecule has 1 unspecified atom stereocenters. The van der Waals surface area contributed by atoms with Crippen molar-refractivity contribution in [2.75, 3.05) is 20.6 Å². The summed E-state index contributed by atoms with van der Waals surface area (Å²) in [6.07, 6.45) is 7.70. The molecule has 0 saturated heterocycles. The zero-order valence-corrected chi connectivity index (χ0v) is 11.1. The number of aliphatic hydroxyl groups excluding tert-OH is 1. The number of nitrogens with zero attached hydrogens (tertiary/aromatic N) is 1. The molecule has 1 N–H and O–H groups in total. The smallest absolute Gasteiger partial charge is 0.0934 e. The summed E-state index contributed by atoms with van der Waals surface area (Å²) < 4.78 is 0. The molecule has 1 aromatic carbocycles. The van der Waals surface area contributed by atoms with Crippen LogP contribution in [0, 0.1) is 0 Å². The quantitative estimate of drug-likeness (QED) is 0.877. The molecule has 0 aromatic heterocycles. The van der Waals surface area contributed by atoms with E-state index in [1.54, 1.807) is 6.08 Å². The molecule has 0 saturated carbocycles. The van der Waals surface area contributed by atoms with E-state index in [4.69, 9.17) is 0 Å². The van der Waals surface area contributed by atoms with E-state index in [0.29, 0.717) is 12.2 Å². The minimum Gasteiger partial charge on any atom is -0.512 e. The average molecular weight is 243 g/mol. The predicted molar refractivity (Wildman–Crippen MR) is 75.8 cm³/mol. The van der Waals surface area contributed by atoms with Crippen LogP contribution in [-0.4, -0.2) is 30.6 Å². The van der Waals surface area contributed by atoms with E-state index in [9.17, 15) is 5.11 Å². The van der Waals surface area contributed by atoms with Crippen molar-refractivity contribution in [1.82, 2.24) is 4.90 Å². The predicted octanol–water partition coefficient (Wildman–Crippen LogP) is 3.28. The lowest BCUT2D eigenvalue weighted by Gasteiger charge is -2.34. The zero-order valence-electron chi connectivity index (χ0n) is 11.1. The van der Waals surface area contributed by atoms with Crippen molar-refractivity contribution < 1.29 is 5.11 Å². The van der Waals surface area contributed by atoms with Crippen molar-refractivity contribution in [2.24, 2.45) is 0 Å². The number of rotatable bonds is 4. The first-order valence-corrected chi connectivity index (χ1v) is 6.40. The Morgan fingerprint density at radius 1 is 1.22 bits per heavy atom. The second kappa shape index (κ2) is 5.40. The molecule has 1 aliphatic rings. The molecule has 0 amide bonds. The van der Waals surface area contributed by atoms with Crippen molar-refractivity contribution in [1.29, 1.82) is 0 Å². The Morgan fingerprint density at radius 2 is 1.94 bits per heavy atom. The van der Waals surface area contributed by atoms with E-state index < -0.39 is 0 Å². The van der Waals surface area contributed by atoms with Crippen LogP contribution in [-0.2, 0) is 5.41 Å². The molecule has 18 heavy (non-hydrogen) atoms. The van der Waals surface area contributed by atoms with Gasteiger partial charge in [0.05, 0.1) is 5.76 Å². The van der Waals surface area contributed by atoms with Crippen molar-refractivity contribution in [3.05, 3.63) is 59.9 Å². The van der Waals surface area contributed by atoms with Crippen LogP contribution in [0.2, 0.25) is 0 Å². The fourth-order valence-electron chi connectivity index (χ4n) is 2.49. The molecule has 0 bridgehead atoms. The highest BCUT2D eigenvalue weighted by atomic mass is 16.3. The molecule has 0 heterocycles. The summed E-state index contributed by atoms with van der Waals surface area (Å²) in [4.78, 5) is 2.19. The topological polar surface area (TPSA) is 23.5 Å². The first-order chi connectivity index (χ1) is 8.62. The second-order valence-corrected chi connectivity index (χ2v) is 5.27. The third-order valence-corrected chi connectivity index (χ3v) is 3.55. The van der Waals surface area contributed by atoms with Gasteiger partial charge in [-0.15, -0.1) is 0 Å². The van der Waals surface area contributed by atoms with E-state index in [0.717, 1.165) is 13.0 Å². The lowest BCUT2D eigenvalue weighted by molar-refractivity contribution is 0.303. The molecule has 2 rings (SSSR count). The van der Waals surface area contributed by atoms with Gasteiger partial charge in [0.15, 0.2) is 0 Å². The molecular formula is C16H21NO. The van der Waals surface area contributed by atoms with Crippen molar-refractivity contribution in [3.63, 3.8) is 0 Å². The summed E-state index contributed by atoms with van der Waals surface area (Å²) in [6, 6.07) is 10.5. The highest BCUT2D eigenvalue weighted by Crippen LogP contribution is 2.37. The van der Waals surface area contributed by atoms with Crippen LogP contribution >= 0.6 is 0 Å². The van der Waals surface area contributed by atoms with Crippen molar-refractivity contribution in [3.8, 4) is 0 Å². The maximum Gasteiger partial charge on any atom is 0.0934 e. The van der Waals surface area contributed by atoms with Gasteiger partial charge in [0.25, 0.3) is 0 Å². The SMILES string of the molecule is CN(C)CCC1(c2ccccc2)C=CC=C(O)C1. The standard InChI is InChI=1S/C16H21NO/c1-17(2)12-11-16(10-6-9-15(18)13-16)14-7-4-3-5-8-14/h3-10,18H,11-13H2,1-2H3. The molecule has 0 spiro atoms. The van der Waals surface area contributed by atoms with Gasteiger partial charge >= 0.3 is 0 Å².